The predicted octanol–water partition coefficient (Wildman–Crippen LogP) is 2.34. The summed E-state index contributed by atoms with van der Waals surface area (Å²) in [6.07, 6.45) is 1.70. The molecule has 0 aliphatic heterocycles. The molecule has 0 aromatic heterocycles. The molecule has 5 nitrogen and oxygen atoms in total. The Morgan fingerprint density at radius 2 is 1.95 bits per heavy atom. The largest absolute Gasteiger partial charge is 0.483 e. The van der Waals surface area contributed by atoms with Crippen molar-refractivity contribution in [3.05, 3.63) is 29.8 Å². The molecule has 22 heavy (non-hydrogen) atoms. The smallest absolute Gasteiger partial charge is 0.326 e. The van der Waals surface area contributed by atoms with Gasteiger partial charge in [0.2, 0.25) is 0 Å². The van der Waals surface area contributed by atoms with E-state index in [1.165, 1.54) is 0 Å². The number of para-hydroxylation sites is 1. The van der Waals surface area contributed by atoms with Crippen molar-refractivity contribution in [2.45, 2.75) is 45.1 Å². The lowest BCUT2D eigenvalue weighted by Crippen LogP contribution is -2.44. The molecule has 0 heterocycles. The molecule has 1 aromatic carbocycles. The van der Waals surface area contributed by atoms with Crippen LogP contribution in [0.1, 0.15) is 39.2 Å². The zero-order valence-corrected chi connectivity index (χ0v) is 13.3. The lowest BCUT2D eigenvalue weighted by Gasteiger charge is -2.22. The second-order valence-corrected chi connectivity index (χ2v) is 6.76. The Morgan fingerprint density at radius 1 is 1.32 bits per heavy atom. The number of carboxylic acids is 1. The monoisotopic (exact) mass is 305 g/mol. The first-order valence-electron chi connectivity index (χ1n) is 7.53. The summed E-state index contributed by atoms with van der Waals surface area (Å²) in [7, 11) is 0. The van der Waals surface area contributed by atoms with Gasteiger partial charge in [0, 0.05) is 0 Å². The Labute approximate surface area is 130 Å². The van der Waals surface area contributed by atoms with Crippen molar-refractivity contribution >= 4 is 11.9 Å². The Morgan fingerprint density at radius 3 is 2.50 bits per heavy atom. The van der Waals surface area contributed by atoms with Crippen LogP contribution in [0.4, 0.5) is 0 Å². The lowest BCUT2D eigenvalue weighted by atomic mass is 9.86. The maximum absolute atomic E-state index is 11.9. The highest BCUT2D eigenvalue weighted by molar-refractivity contribution is 5.84. The molecule has 2 N–H and O–H groups in total. The zero-order valence-electron chi connectivity index (χ0n) is 13.3. The highest BCUT2D eigenvalue weighted by atomic mass is 16.5. The number of carboxylic acid groups (broad SMARTS) is 1. The maximum atomic E-state index is 11.9. The van der Waals surface area contributed by atoms with Crippen LogP contribution in [0.5, 0.6) is 5.75 Å². The van der Waals surface area contributed by atoms with E-state index in [-0.39, 0.29) is 17.9 Å². The van der Waals surface area contributed by atoms with E-state index in [9.17, 15) is 9.59 Å². The number of carbonyl (C=O) groups is 2. The summed E-state index contributed by atoms with van der Waals surface area (Å²) < 4.78 is 5.60. The lowest BCUT2D eigenvalue weighted by molar-refractivity contribution is -0.142. The molecule has 0 spiro atoms. The average molecular weight is 305 g/mol. The standard InChI is InChI=1S/C17H23NO4/c1-17(2,3)12-6-4-5-7-13(12)22-10-14(19)18-15(16(20)21)11-8-9-11/h4-7,11,15H,8-10H2,1-3H3,(H,18,19)(H,20,21). The van der Waals surface area contributed by atoms with E-state index in [4.69, 9.17) is 9.84 Å². The van der Waals surface area contributed by atoms with Gasteiger partial charge < -0.3 is 15.2 Å². The molecular formula is C17H23NO4. The highest BCUT2D eigenvalue weighted by Gasteiger charge is 2.37. The second kappa shape index (κ2) is 6.38. The van der Waals surface area contributed by atoms with Gasteiger partial charge in [0.1, 0.15) is 11.8 Å². The van der Waals surface area contributed by atoms with E-state index in [2.05, 4.69) is 26.1 Å². The van der Waals surface area contributed by atoms with E-state index >= 15 is 0 Å². The van der Waals surface area contributed by atoms with E-state index in [0.29, 0.717) is 5.75 Å². The summed E-state index contributed by atoms with van der Waals surface area (Å²) >= 11 is 0. The van der Waals surface area contributed by atoms with Crippen molar-refractivity contribution in [2.75, 3.05) is 6.61 Å². The minimum absolute atomic E-state index is 0.0586. The molecule has 1 aliphatic rings. The number of benzene rings is 1. The van der Waals surface area contributed by atoms with Gasteiger partial charge in [0.15, 0.2) is 6.61 Å². The summed E-state index contributed by atoms with van der Waals surface area (Å²) in [6, 6.07) is 6.78. The quantitative estimate of drug-likeness (QED) is 0.846. The van der Waals surface area contributed by atoms with Gasteiger partial charge in [0.25, 0.3) is 5.91 Å². The number of amides is 1. The summed E-state index contributed by atoms with van der Waals surface area (Å²) in [6.45, 7) is 6.04. The first-order chi connectivity index (χ1) is 10.3. The summed E-state index contributed by atoms with van der Waals surface area (Å²) in [4.78, 5) is 23.0. The number of rotatable bonds is 6. The Hall–Kier alpha value is -2.04. The van der Waals surface area contributed by atoms with Crippen molar-refractivity contribution in [1.29, 1.82) is 0 Å². The van der Waals surface area contributed by atoms with Crippen LogP contribution in [0, 0.1) is 5.92 Å². The summed E-state index contributed by atoms with van der Waals surface area (Å²) in [5.74, 6) is -0.666. The fourth-order valence-corrected chi connectivity index (χ4v) is 2.38. The van der Waals surface area contributed by atoms with Gasteiger partial charge in [-0.05, 0) is 35.8 Å². The van der Waals surface area contributed by atoms with Gasteiger partial charge in [-0.2, -0.15) is 0 Å². The fraction of sp³-hybridized carbons (Fsp3) is 0.529. The van der Waals surface area contributed by atoms with Crippen molar-refractivity contribution in [2.24, 2.45) is 5.92 Å². The van der Waals surface area contributed by atoms with Crippen LogP contribution in [0.25, 0.3) is 0 Å². The Bertz CT molecular complexity index is 558. The van der Waals surface area contributed by atoms with Crippen molar-refractivity contribution in [3.63, 3.8) is 0 Å². The van der Waals surface area contributed by atoms with E-state index in [0.717, 1.165) is 18.4 Å². The SMILES string of the molecule is CC(C)(C)c1ccccc1OCC(=O)NC(C(=O)O)C1CC1. The molecule has 1 aromatic rings. The predicted molar refractivity (Wildman–Crippen MR) is 82.9 cm³/mol. The Kier molecular flexibility index (Phi) is 4.74. The molecule has 1 saturated carbocycles. The van der Waals surface area contributed by atoms with E-state index in [1.807, 2.05) is 24.3 Å². The third-order valence-corrected chi connectivity index (χ3v) is 3.73. The maximum Gasteiger partial charge on any atom is 0.326 e. The number of carbonyl (C=O) groups excluding carboxylic acids is 1. The van der Waals surface area contributed by atoms with Crippen LogP contribution in [-0.2, 0) is 15.0 Å². The molecule has 120 valence electrons. The highest BCUT2D eigenvalue weighted by Crippen LogP contribution is 2.33. The van der Waals surface area contributed by atoms with Crippen LogP contribution in [0.15, 0.2) is 24.3 Å². The first kappa shape index (κ1) is 16.3. The molecule has 0 bridgehead atoms. The zero-order chi connectivity index (χ0) is 16.3. The molecule has 1 amide bonds. The molecule has 5 heteroatoms. The van der Waals surface area contributed by atoms with Gasteiger partial charge in [-0.3, -0.25) is 4.79 Å². The molecule has 1 aliphatic carbocycles. The van der Waals surface area contributed by atoms with Crippen molar-refractivity contribution in [3.8, 4) is 5.75 Å². The molecule has 1 unspecified atom stereocenters. The number of ether oxygens (including phenoxy) is 1. The van der Waals surface area contributed by atoms with Crippen LogP contribution in [0.2, 0.25) is 0 Å². The normalized spacial score (nSPS) is 16.0. The topological polar surface area (TPSA) is 75.6 Å². The second-order valence-electron chi connectivity index (χ2n) is 6.76. The van der Waals surface area contributed by atoms with E-state index < -0.39 is 17.9 Å². The van der Waals surface area contributed by atoms with Gasteiger partial charge in [0.05, 0.1) is 0 Å². The van der Waals surface area contributed by atoms with Gasteiger partial charge >= 0.3 is 5.97 Å². The Balaban J connectivity index is 1.95. The number of nitrogens with one attached hydrogen (secondary N) is 1. The molecular weight excluding hydrogens is 282 g/mol. The molecule has 0 radical (unpaired) electrons. The first-order valence-corrected chi connectivity index (χ1v) is 7.53. The number of hydrogen-bond donors (Lipinski definition) is 2. The minimum Gasteiger partial charge on any atom is -0.483 e. The third-order valence-electron chi connectivity index (χ3n) is 3.73. The van der Waals surface area contributed by atoms with Gasteiger partial charge in [-0.1, -0.05) is 39.0 Å². The third kappa shape index (κ3) is 4.23. The molecule has 0 saturated heterocycles. The average Bonchev–Trinajstić information content (AvgIpc) is 3.26. The molecule has 2 rings (SSSR count). The van der Waals surface area contributed by atoms with Crippen molar-refractivity contribution in [1.82, 2.24) is 5.32 Å². The summed E-state index contributed by atoms with van der Waals surface area (Å²) in [5, 5.41) is 11.7. The van der Waals surface area contributed by atoms with Crippen LogP contribution in [0.3, 0.4) is 0 Å². The van der Waals surface area contributed by atoms with E-state index in [1.54, 1.807) is 0 Å². The van der Waals surface area contributed by atoms with Gasteiger partial charge in [-0.25, -0.2) is 4.79 Å². The van der Waals surface area contributed by atoms with Crippen molar-refractivity contribution < 1.29 is 19.4 Å². The molecule has 1 fully saturated rings. The van der Waals surface area contributed by atoms with Gasteiger partial charge in [-0.15, -0.1) is 0 Å². The minimum atomic E-state index is -0.981. The molecule has 1 atom stereocenters. The summed E-state index contributed by atoms with van der Waals surface area (Å²) in [5.41, 5.74) is 0.921. The number of hydrogen-bond acceptors (Lipinski definition) is 3. The fourth-order valence-electron chi connectivity index (χ4n) is 2.38. The van der Waals surface area contributed by atoms with Crippen LogP contribution >= 0.6 is 0 Å². The number of aliphatic carboxylic acids is 1. The van der Waals surface area contributed by atoms with Crippen LogP contribution in [-0.4, -0.2) is 29.6 Å². The van der Waals surface area contributed by atoms with Crippen LogP contribution < -0.4 is 10.1 Å².